The molecule has 0 bridgehead atoms. The summed E-state index contributed by atoms with van der Waals surface area (Å²) in [6.45, 7) is 5.64. The monoisotopic (exact) mass is 282 g/mol. The highest BCUT2D eigenvalue weighted by Crippen LogP contribution is 2.13. The highest BCUT2D eigenvalue weighted by molar-refractivity contribution is 5.69. The van der Waals surface area contributed by atoms with Gasteiger partial charge in [0.25, 0.3) is 0 Å². The largest absolute Gasteiger partial charge is 0.435 e. The molecule has 0 aliphatic heterocycles. The average Bonchev–Trinajstić information content (AvgIpc) is 2.44. The molecule has 0 amide bonds. The van der Waals surface area contributed by atoms with Crippen molar-refractivity contribution in [3.8, 4) is 0 Å². The van der Waals surface area contributed by atoms with E-state index < -0.39 is 0 Å². The van der Waals surface area contributed by atoms with Gasteiger partial charge in [-0.1, -0.05) is 90.6 Å². The fourth-order valence-electron chi connectivity index (χ4n) is 2.44. The van der Waals surface area contributed by atoms with Crippen LogP contribution < -0.4 is 0 Å². The van der Waals surface area contributed by atoms with E-state index in [0.29, 0.717) is 6.42 Å². The fourth-order valence-corrected chi connectivity index (χ4v) is 2.44. The van der Waals surface area contributed by atoms with Crippen LogP contribution in [0.15, 0.2) is 12.8 Å². The summed E-state index contributed by atoms with van der Waals surface area (Å²) < 4.78 is 4.67. The van der Waals surface area contributed by atoms with E-state index in [4.69, 9.17) is 0 Å². The van der Waals surface area contributed by atoms with Crippen LogP contribution in [0.3, 0.4) is 0 Å². The van der Waals surface area contributed by atoms with E-state index >= 15 is 0 Å². The van der Waals surface area contributed by atoms with Crippen molar-refractivity contribution < 1.29 is 9.53 Å². The highest BCUT2D eigenvalue weighted by atomic mass is 16.5. The van der Waals surface area contributed by atoms with Crippen molar-refractivity contribution in [1.29, 1.82) is 0 Å². The summed E-state index contributed by atoms with van der Waals surface area (Å²) in [6, 6.07) is 0. The van der Waals surface area contributed by atoms with E-state index in [2.05, 4.69) is 18.2 Å². The molecule has 0 aliphatic rings. The molecule has 0 spiro atoms. The van der Waals surface area contributed by atoms with Gasteiger partial charge in [-0.3, -0.25) is 4.79 Å². The Morgan fingerprint density at radius 2 is 1.20 bits per heavy atom. The van der Waals surface area contributed by atoms with Crippen LogP contribution in [0, 0.1) is 0 Å². The second-order valence-electron chi connectivity index (χ2n) is 5.65. The van der Waals surface area contributed by atoms with E-state index in [0.717, 1.165) is 12.8 Å². The Labute approximate surface area is 126 Å². The first-order valence-corrected chi connectivity index (χ1v) is 8.61. The van der Waals surface area contributed by atoms with E-state index in [1.165, 1.54) is 76.9 Å². The number of hydrogen-bond acceptors (Lipinski definition) is 2. The minimum atomic E-state index is -0.150. The van der Waals surface area contributed by atoms with E-state index in [9.17, 15) is 4.79 Å². The van der Waals surface area contributed by atoms with Crippen LogP contribution in [0.2, 0.25) is 0 Å². The molecule has 0 aromatic carbocycles. The maximum absolute atomic E-state index is 11.1. The molecule has 0 aliphatic carbocycles. The number of unbranched alkanes of at least 4 members (excludes halogenated alkanes) is 12. The molecule has 118 valence electrons. The zero-order valence-corrected chi connectivity index (χ0v) is 13.5. The molecule has 20 heavy (non-hydrogen) atoms. The van der Waals surface area contributed by atoms with Gasteiger partial charge in [-0.15, -0.1) is 0 Å². The molecule has 0 aromatic heterocycles. The Morgan fingerprint density at radius 1 is 0.800 bits per heavy atom. The van der Waals surface area contributed by atoms with Crippen molar-refractivity contribution in [3.05, 3.63) is 12.8 Å². The smallest absolute Gasteiger partial charge is 0.310 e. The quantitative estimate of drug-likeness (QED) is 0.204. The molecule has 0 radical (unpaired) electrons. The number of esters is 1. The Morgan fingerprint density at radius 3 is 1.60 bits per heavy atom. The van der Waals surface area contributed by atoms with Crippen molar-refractivity contribution in [1.82, 2.24) is 0 Å². The van der Waals surface area contributed by atoms with Crippen LogP contribution in [-0.2, 0) is 9.53 Å². The maximum atomic E-state index is 11.1. The first kappa shape index (κ1) is 19.2. The number of hydrogen-bond donors (Lipinski definition) is 0. The third-order valence-electron chi connectivity index (χ3n) is 3.70. The van der Waals surface area contributed by atoms with Crippen molar-refractivity contribution in [3.63, 3.8) is 0 Å². The van der Waals surface area contributed by atoms with Crippen molar-refractivity contribution in [2.75, 3.05) is 0 Å². The number of rotatable bonds is 15. The Balaban J connectivity index is 3.02. The number of carbonyl (C=O) groups excluding carboxylic acids is 1. The van der Waals surface area contributed by atoms with Crippen molar-refractivity contribution >= 4 is 5.97 Å². The zero-order chi connectivity index (χ0) is 14.9. The molecule has 0 aromatic rings. The van der Waals surface area contributed by atoms with Crippen LogP contribution in [0.4, 0.5) is 0 Å². The van der Waals surface area contributed by atoms with Gasteiger partial charge < -0.3 is 4.74 Å². The molecule has 0 saturated carbocycles. The molecule has 2 nitrogen and oxygen atoms in total. The van der Waals surface area contributed by atoms with E-state index in [1.807, 2.05) is 0 Å². The lowest BCUT2D eigenvalue weighted by atomic mass is 10.0. The summed E-state index contributed by atoms with van der Waals surface area (Å²) in [5, 5.41) is 0. The molecular formula is C18H34O2. The zero-order valence-electron chi connectivity index (χ0n) is 13.5. The Kier molecular flexibility index (Phi) is 15.6. The standard InChI is InChI=1S/C18H34O2/c1-3-5-6-7-8-9-10-11-12-13-14-15-16-17-18(19)20-4-2/h4H,2-3,5-17H2,1H3. The molecule has 0 unspecified atom stereocenters. The lowest BCUT2D eigenvalue weighted by molar-refractivity contribution is -0.138. The van der Waals surface area contributed by atoms with Crippen molar-refractivity contribution in [2.24, 2.45) is 0 Å². The van der Waals surface area contributed by atoms with E-state index in [-0.39, 0.29) is 5.97 Å². The third-order valence-corrected chi connectivity index (χ3v) is 3.70. The van der Waals surface area contributed by atoms with Gasteiger partial charge in [0.1, 0.15) is 0 Å². The van der Waals surface area contributed by atoms with Gasteiger partial charge in [-0.05, 0) is 6.42 Å². The summed E-state index contributed by atoms with van der Waals surface area (Å²) in [5.74, 6) is -0.150. The average molecular weight is 282 g/mol. The van der Waals surface area contributed by atoms with Gasteiger partial charge in [0, 0.05) is 6.42 Å². The molecule has 0 rings (SSSR count). The summed E-state index contributed by atoms with van der Waals surface area (Å²) in [5.41, 5.74) is 0. The van der Waals surface area contributed by atoms with Gasteiger partial charge in [-0.2, -0.15) is 0 Å². The second kappa shape index (κ2) is 16.3. The topological polar surface area (TPSA) is 26.3 Å². The SMILES string of the molecule is C=COC(=O)CCCCCCCCCCCCCCC. The van der Waals surface area contributed by atoms with Crippen LogP contribution in [0.25, 0.3) is 0 Å². The van der Waals surface area contributed by atoms with Crippen LogP contribution in [0.1, 0.15) is 96.8 Å². The minimum Gasteiger partial charge on any atom is -0.435 e. The predicted molar refractivity (Wildman–Crippen MR) is 86.6 cm³/mol. The van der Waals surface area contributed by atoms with Gasteiger partial charge in [0.05, 0.1) is 6.26 Å². The lowest BCUT2D eigenvalue weighted by Crippen LogP contribution is -1.98. The molecule has 0 heterocycles. The van der Waals surface area contributed by atoms with Gasteiger partial charge in [0.15, 0.2) is 0 Å². The van der Waals surface area contributed by atoms with Crippen LogP contribution in [-0.4, -0.2) is 5.97 Å². The van der Waals surface area contributed by atoms with Crippen molar-refractivity contribution in [2.45, 2.75) is 96.8 Å². The van der Waals surface area contributed by atoms with E-state index in [1.54, 1.807) is 0 Å². The first-order chi connectivity index (χ1) is 9.81. The lowest BCUT2D eigenvalue weighted by Gasteiger charge is -2.03. The Bertz CT molecular complexity index is 223. The summed E-state index contributed by atoms with van der Waals surface area (Å²) in [4.78, 5) is 11.1. The number of carbonyl (C=O) groups is 1. The van der Waals surface area contributed by atoms with Gasteiger partial charge >= 0.3 is 5.97 Å². The maximum Gasteiger partial charge on any atom is 0.310 e. The normalized spacial score (nSPS) is 10.4. The first-order valence-electron chi connectivity index (χ1n) is 8.61. The summed E-state index contributed by atoms with van der Waals surface area (Å²) in [7, 11) is 0. The van der Waals surface area contributed by atoms with Gasteiger partial charge in [-0.25, -0.2) is 0 Å². The molecular weight excluding hydrogens is 248 g/mol. The molecule has 0 fully saturated rings. The highest BCUT2D eigenvalue weighted by Gasteiger charge is 1.99. The molecule has 0 N–H and O–H groups in total. The predicted octanol–water partition coefficient (Wildman–Crippen LogP) is 6.15. The summed E-state index contributed by atoms with van der Waals surface area (Å²) in [6.07, 6.45) is 19.0. The van der Waals surface area contributed by atoms with Crippen LogP contribution in [0.5, 0.6) is 0 Å². The molecule has 0 saturated heterocycles. The van der Waals surface area contributed by atoms with Gasteiger partial charge in [0.2, 0.25) is 0 Å². The fraction of sp³-hybridized carbons (Fsp3) is 0.833. The second-order valence-corrected chi connectivity index (χ2v) is 5.65. The Hall–Kier alpha value is -0.790. The minimum absolute atomic E-state index is 0.150. The third kappa shape index (κ3) is 15.3. The molecule has 2 heteroatoms. The molecule has 0 atom stereocenters. The number of ether oxygens (including phenoxy) is 1. The summed E-state index contributed by atoms with van der Waals surface area (Å²) >= 11 is 0. The van der Waals surface area contributed by atoms with Crippen LogP contribution >= 0.6 is 0 Å².